The second-order valence-electron chi connectivity index (χ2n) is 6.85. The van der Waals surface area contributed by atoms with Crippen molar-refractivity contribution in [3.63, 3.8) is 0 Å². The van der Waals surface area contributed by atoms with E-state index in [1.807, 2.05) is 13.0 Å². The van der Waals surface area contributed by atoms with E-state index in [-0.39, 0.29) is 35.5 Å². The maximum atomic E-state index is 11.5. The minimum Gasteiger partial charge on any atom is -0.359 e. The van der Waals surface area contributed by atoms with E-state index in [0.29, 0.717) is 32.1 Å². The number of hydrogen-bond acceptors (Lipinski definition) is 6. The molecule has 10 heteroatoms. The van der Waals surface area contributed by atoms with Crippen molar-refractivity contribution in [2.45, 2.75) is 46.1 Å². The van der Waals surface area contributed by atoms with Crippen LogP contribution in [0.25, 0.3) is 0 Å². The molecule has 2 heterocycles. The van der Waals surface area contributed by atoms with Crippen LogP contribution in [0.2, 0.25) is 0 Å². The van der Waals surface area contributed by atoms with Crippen LogP contribution in [0.15, 0.2) is 15.6 Å². The Hall–Kier alpha value is -0.880. The van der Waals surface area contributed by atoms with Crippen molar-refractivity contribution in [3.8, 4) is 0 Å². The largest absolute Gasteiger partial charge is 0.359 e. The first-order valence-corrected chi connectivity index (χ1v) is 11.7. The van der Waals surface area contributed by atoms with Crippen LogP contribution in [0.3, 0.4) is 0 Å². The number of rotatable bonds is 9. The summed E-state index contributed by atoms with van der Waals surface area (Å²) < 4.78 is 28.4. The zero-order chi connectivity index (χ0) is 19.7. The molecule has 1 aliphatic heterocycles. The number of nitrogens with zero attached hydrogens (tertiary/aromatic N) is 3. The maximum absolute atomic E-state index is 11.5. The van der Waals surface area contributed by atoms with E-state index in [2.05, 4.69) is 39.5 Å². The molecule has 1 aromatic heterocycles. The van der Waals surface area contributed by atoms with Crippen LogP contribution >= 0.6 is 24.0 Å². The van der Waals surface area contributed by atoms with Gasteiger partial charge in [-0.05, 0) is 19.8 Å². The average molecular weight is 527 g/mol. The smallest absolute Gasteiger partial charge is 0.191 e. The van der Waals surface area contributed by atoms with Crippen LogP contribution < -0.4 is 10.6 Å². The highest BCUT2D eigenvalue weighted by molar-refractivity contribution is 14.0. The van der Waals surface area contributed by atoms with E-state index in [1.54, 1.807) is 0 Å². The molecule has 2 N–H and O–H groups in total. The van der Waals surface area contributed by atoms with E-state index in [0.717, 1.165) is 43.3 Å². The van der Waals surface area contributed by atoms with Gasteiger partial charge < -0.3 is 15.2 Å². The summed E-state index contributed by atoms with van der Waals surface area (Å²) in [6.45, 7) is 10.3. The number of halogens is 1. The molecule has 0 atom stereocenters. The summed E-state index contributed by atoms with van der Waals surface area (Å²) in [5.74, 6) is 2.43. The SMILES string of the molecule is CCNC(=NCc1cc(C(CC)CC)no1)NCCN1CCS(=O)(=O)CC1.I. The molecule has 0 bridgehead atoms. The predicted octanol–water partition coefficient (Wildman–Crippen LogP) is 1.98. The lowest BCUT2D eigenvalue weighted by atomic mass is 9.99. The predicted molar refractivity (Wildman–Crippen MR) is 123 cm³/mol. The molecule has 0 aromatic carbocycles. The first-order valence-electron chi connectivity index (χ1n) is 9.87. The lowest BCUT2D eigenvalue weighted by molar-refractivity contribution is 0.299. The molecule has 28 heavy (non-hydrogen) atoms. The van der Waals surface area contributed by atoms with Gasteiger partial charge in [-0.3, -0.25) is 4.90 Å². The molecule has 0 spiro atoms. The van der Waals surface area contributed by atoms with Gasteiger partial charge in [-0.2, -0.15) is 0 Å². The van der Waals surface area contributed by atoms with E-state index >= 15 is 0 Å². The van der Waals surface area contributed by atoms with Crippen molar-refractivity contribution < 1.29 is 12.9 Å². The zero-order valence-electron chi connectivity index (χ0n) is 17.1. The topological polar surface area (TPSA) is 99.8 Å². The Balaban J connectivity index is 0.00000392. The molecular weight excluding hydrogens is 493 g/mol. The highest BCUT2D eigenvalue weighted by atomic mass is 127. The monoisotopic (exact) mass is 527 g/mol. The maximum Gasteiger partial charge on any atom is 0.191 e. The quantitative estimate of drug-likeness (QED) is 0.288. The molecular formula is C18H34IN5O3S. The average Bonchev–Trinajstić information content (AvgIpc) is 3.11. The van der Waals surface area contributed by atoms with E-state index < -0.39 is 9.84 Å². The lowest BCUT2D eigenvalue weighted by Crippen LogP contribution is -2.45. The first kappa shape index (κ1) is 25.2. The molecule has 1 aliphatic rings. The number of hydrogen-bond donors (Lipinski definition) is 2. The third kappa shape index (κ3) is 8.24. The standard InChI is InChI=1S/C18H33N5O3S.HI/c1-4-15(5-2)17-13-16(26-22-17)14-21-18(19-6-3)20-7-8-23-9-11-27(24,25)12-10-23;/h13,15H,4-12,14H2,1-3H3,(H2,19,20,21);1H. The van der Waals surface area contributed by atoms with Crippen LogP contribution in [-0.4, -0.2) is 68.7 Å². The Bertz CT molecular complexity index is 690. The molecule has 0 unspecified atom stereocenters. The summed E-state index contributed by atoms with van der Waals surface area (Å²) in [7, 11) is -2.83. The number of aliphatic imine (C=N–C) groups is 1. The Morgan fingerprint density at radius 3 is 2.54 bits per heavy atom. The van der Waals surface area contributed by atoms with Crippen molar-refractivity contribution in [3.05, 3.63) is 17.5 Å². The van der Waals surface area contributed by atoms with Crippen LogP contribution in [0, 0.1) is 0 Å². The molecule has 1 fully saturated rings. The highest BCUT2D eigenvalue weighted by Gasteiger charge is 2.21. The van der Waals surface area contributed by atoms with Crippen molar-refractivity contribution >= 4 is 39.8 Å². The Morgan fingerprint density at radius 1 is 1.25 bits per heavy atom. The van der Waals surface area contributed by atoms with Gasteiger partial charge in [0.1, 0.15) is 6.54 Å². The minimum absolute atomic E-state index is 0. The number of sulfone groups is 1. The summed E-state index contributed by atoms with van der Waals surface area (Å²) in [6, 6.07) is 2.00. The third-order valence-corrected chi connectivity index (χ3v) is 6.48. The fraction of sp³-hybridized carbons (Fsp3) is 0.778. The number of aromatic nitrogens is 1. The van der Waals surface area contributed by atoms with Crippen LogP contribution in [-0.2, 0) is 16.4 Å². The van der Waals surface area contributed by atoms with Gasteiger partial charge in [0.15, 0.2) is 21.6 Å². The molecule has 0 amide bonds. The van der Waals surface area contributed by atoms with Gasteiger partial charge >= 0.3 is 0 Å². The van der Waals surface area contributed by atoms with Gasteiger partial charge in [-0.1, -0.05) is 19.0 Å². The molecule has 0 radical (unpaired) electrons. The minimum atomic E-state index is -2.83. The molecule has 2 rings (SSSR count). The summed E-state index contributed by atoms with van der Waals surface area (Å²) in [4.78, 5) is 6.72. The summed E-state index contributed by atoms with van der Waals surface area (Å²) >= 11 is 0. The van der Waals surface area contributed by atoms with E-state index in [1.165, 1.54) is 0 Å². The lowest BCUT2D eigenvalue weighted by Gasteiger charge is -2.26. The van der Waals surface area contributed by atoms with Crippen molar-refractivity contribution in [1.82, 2.24) is 20.7 Å². The van der Waals surface area contributed by atoms with Crippen LogP contribution in [0.4, 0.5) is 0 Å². The van der Waals surface area contributed by atoms with Crippen LogP contribution in [0.5, 0.6) is 0 Å². The van der Waals surface area contributed by atoms with Gasteiger partial charge in [-0.25, -0.2) is 13.4 Å². The third-order valence-electron chi connectivity index (χ3n) is 4.88. The summed E-state index contributed by atoms with van der Waals surface area (Å²) in [6.07, 6.45) is 2.10. The highest BCUT2D eigenvalue weighted by Crippen LogP contribution is 2.22. The van der Waals surface area contributed by atoms with E-state index in [9.17, 15) is 8.42 Å². The molecule has 1 aromatic rings. The molecule has 0 saturated carbocycles. The van der Waals surface area contributed by atoms with Gasteiger partial charge in [-0.15, -0.1) is 24.0 Å². The van der Waals surface area contributed by atoms with Crippen molar-refractivity contribution in [2.24, 2.45) is 4.99 Å². The molecule has 8 nitrogen and oxygen atoms in total. The van der Waals surface area contributed by atoms with Crippen molar-refractivity contribution in [1.29, 1.82) is 0 Å². The van der Waals surface area contributed by atoms with Gasteiger partial charge in [0, 0.05) is 44.7 Å². The Kier molecular flexibility index (Phi) is 11.4. The fourth-order valence-corrected chi connectivity index (χ4v) is 4.38. The summed E-state index contributed by atoms with van der Waals surface area (Å²) in [5.41, 5.74) is 1.00. The number of nitrogens with one attached hydrogen (secondary N) is 2. The Morgan fingerprint density at radius 2 is 1.93 bits per heavy atom. The molecule has 162 valence electrons. The second kappa shape index (κ2) is 12.6. The number of guanidine groups is 1. The van der Waals surface area contributed by atoms with Gasteiger partial charge in [0.2, 0.25) is 0 Å². The second-order valence-corrected chi connectivity index (χ2v) is 9.15. The van der Waals surface area contributed by atoms with Crippen molar-refractivity contribution in [2.75, 3.05) is 44.2 Å². The first-order chi connectivity index (χ1) is 13.0. The Labute approximate surface area is 185 Å². The van der Waals surface area contributed by atoms with Crippen LogP contribution in [0.1, 0.15) is 51.0 Å². The van der Waals surface area contributed by atoms with Gasteiger partial charge in [0.25, 0.3) is 0 Å². The normalized spacial score (nSPS) is 17.4. The summed E-state index contributed by atoms with van der Waals surface area (Å²) in [5, 5.41) is 10.7. The molecule has 0 aliphatic carbocycles. The fourth-order valence-electron chi connectivity index (χ4n) is 3.11. The molecule has 1 saturated heterocycles. The van der Waals surface area contributed by atoms with E-state index in [4.69, 9.17) is 4.52 Å². The zero-order valence-corrected chi connectivity index (χ0v) is 20.3. The van der Waals surface area contributed by atoms with Gasteiger partial charge in [0.05, 0.1) is 17.2 Å².